The van der Waals surface area contributed by atoms with Gasteiger partial charge in [0.05, 0.1) is 0 Å². The first-order valence-corrected chi connectivity index (χ1v) is 4.53. The number of ether oxygens (including phenoxy) is 1. The van der Waals surface area contributed by atoms with Crippen molar-refractivity contribution in [2.24, 2.45) is 0 Å². The zero-order valence-electron chi connectivity index (χ0n) is 8.44. The summed E-state index contributed by atoms with van der Waals surface area (Å²) in [7, 11) is 1.73. The Bertz CT molecular complexity index is 42.8. The predicted molar refractivity (Wildman–Crippen MR) is 51.0 cm³/mol. The molecule has 0 atom stereocenters. The third-order valence-corrected chi connectivity index (χ3v) is 0.952. The maximum atomic E-state index is 4.85. The summed E-state index contributed by atoms with van der Waals surface area (Å²) in [6, 6.07) is 0. The molecular weight excluding hydrogens is 138 g/mol. The van der Waals surface area contributed by atoms with E-state index >= 15 is 0 Å². The largest absolute Gasteiger partial charge is 0.385 e. The summed E-state index contributed by atoms with van der Waals surface area (Å²) in [5, 5.41) is 3.20. The van der Waals surface area contributed by atoms with E-state index in [1.165, 1.54) is 6.42 Å². The van der Waals surface area contributed by atoms with Crippen LogP contribution in [0.3, 0.4) is 0 Å². The molecule has 0 bridgehead atoms. The fraction of sp³-hybridized carbons (Fsp3) is 1.00. The van der Waals surface area contributed by atoms with Crippen molar-refractivity contribution >= 4 is 0 Å². The smallest absolute Gasteiger partial charge is 0.0474 e. The van der Waals surface area contributed by atoms with Gasteiger partial charge in [0.15, 0.2) is 0 Å². The Morgan fingerprint density at radius 1 is 1.18 bits per heavy atom. The Morgan fingerprint density at radius 3 is 2.09 bits per heavy atom. The van der Waals surface area contributed by atoms with Gasteiger partial charge in [0, 0.05) is 13.7 Å². The third kappa shape index (κ3) is 25.7. The molecule has 0 radical (unpaired) electrons. The minimum Gasteiger partial charge on any atom is -0.385 e. The van der Waals surface area contributed by atoms with E-state index in [0.717, 1.165) is 26.1 Å². The lowest BCUT2D eigenvalue weighted by Crippen LogP contribution is -2.15. The van der Waals surface area contributed by atoms with Gasteiger partial charge in [0.25, 0.3) is 0 Å². The highest BCUT2D eigenvalue weighted by Gasteiger charge is 1.81. The molecule has 0 amide bonds. The van der Waals surface area contributed by atoms with Gasteiger partial charge in [-0.3, -0.25) is 0 Å². The number of rotatable bonds is 5. The van der Waals surface area contributed by atoms with E-state index in [-0.39, 0.29) is 0 Å². The molecule has 0 aromatic carbocycles. The van der Waals surface area contributed by atoms with Gasteiger partial charge in [-0.2, -0.15) is 0 Å². The lowest BCUT2D eigenvalue weighted by atomic mass is 10.4. The number of hydrogen-bond acceptors (Lipinski definition) is 2. The Labute approximate surface area is 71.3 Å². The SMILES string of the molecule is CCC.CCNCCCOC. The van der Waals surface area contributed by atoms with Crippen molar-refractivity contribution in [3.63, 3.8) is 0 Å². The van der Waals surface area contributed by atoms with Crippen molar-refractivity contribution < 1.29 is 4.74 Å². The van der Waals surface area contributed by atoms with E-state index in [4.69, 9.17) is 4.74 Å². The molecule has 70 valence electrons. The van der Waals surface area contributed by atoms with Gasteiger partial charge in [0.1, 0.15) is 0 Å². The minimum absolute atomic E-state index is 0.868. The van der Waals surface area contributed by atoms with Crippen LogP contribution in [0.5, 0.6) is 0 Å². The normalized spacial score (nSPS) is 8.73. The maximum Gasteiger partial charge on any atom is 0.0474 e. The van der Waals surface area contributed by atoms with Crippen LogP contribution in [0.25, 0.3) is 0 Å². The quantitative estimate of drug-likeness (QED) is 0.623. The first-order chi connectivity index (χ1) is 5.33. The van der Waals surface area contributed by atoms with Gasteiger partial charge in [-0.1, -0.05) is 27.2 Å². The van der Waals surface area contributed by atoms with E-state index in [2.05, 4.69) is 26.1 Å². The molecule has 0 aliphatic rings. The average Bonchev–Trinajstić information content (AvgIpc) is 2.00. The highest BCUT2D eigenvalue weighted by Crippen LogP contribution is 1.74. The Balaban J connectivity index is 0. The van der Waals surface area contributed by atoms with Crippen LogP contribution in [0, 0.1) is 0 Å². The standard InChI is InChI=1S/C6H15NO.C3H8/c1-3-7-5-4-6-8-2;1-3-2/h7H,3-6H2,1-2H3;3H2,1-2H3. The van der Waals surface area contributed by atoms with Crippen LogP contribution in [0.1, 0.15) is 33.6 Å². The lowest BCUT2D eigenvalue weighted by Gasteiger charge is -1.98. The summed E-state index contributed by atoms with van der Waals surface area (Å²) in [5.41, 5.74) is 0. The first kappa shape index (κ1) is 13.5. The van der Waals surface area contributed by atoms with Gasteiger partial charge >= 0.3 is 0 Å². The highest BCUT2D eigenvalue weighted by atomic mass is 16.5. The fourth-order valence-electron chi connectivity index (χ4n) is 0.518. The molecule has 0 unspecified atom stereocenters. The predicted octanol–water partition coefficient (Wildman–Crippen LogP) is 2.05. The van der Waals surface area contributed by atoms with Crippen molar-refractivity contribution in [2.75, 3.05) is 26.8 Å². The molecule has 2 heteroatoms. The second-order valence-electron chi connectivity index (χ2n) is 2.41. The topological polar surface area (TPSA) is 21.3 Å². The van der Waals surface area contributed by atoms with E-state index < -0.39 is 0 Å². The molecule has 0 fully saturated rings. The van der Waals surface area contributed by atoms with Crippen LogP contribution in [0.4, 0.5) is 0 Å². The molecule has 0 saturated carbocycles. The van der Waals surface area contributed by atoms with E-state index in [9.17, 15) is 0 Å². The van der Waals surface area contributed by atoms with Crippen LogP contribution in [0.15, 0.2) is 0 Å². The van der Waals surface area contributed by atoms with E-state index in [0.29, 0.717) is 0 Å². The molecule has 2 nitrogen and oxygen atoms in total. The lowest BCUT2D eigenvalue weighted by molar-refractivity contribution is 0.194. The molecule has 0 aromatic heterocycles. The van der Waals surface area contributed by atoms with Gasteiger partial charge in [-0.05, 0) is 19.5 Å². The van der Waals surface area contributed by atoms with Gasteiger partial charge in [-0.25, -0.2) is 0 Å². The van der Waals surface area contributed by atoms with E-state index in [1.807, 2.05) is 0 Å². The van der Waals surface area contributed by atoms with E-state index in [1.54, 1.807) is 7.11 Å². The molecule has 0 heterocycles. The van der Waals surface area contributed by atoms with Crippen molar-refractivity contribution in [3.8, 4) is 0 Å². The van der Waals surface area contributed by atoms with Crippen LogP contribution < -0.4 is 5.32 Å². The summed E-state index contributed by atoms with van der Waals surface area (Å²) in [6.07, 6.45) is 2.37. The highest BCUT2D eigenvalue weighted by molar-refractivity contribution is 4.40. The molecular formula is C9H23NO. The molecule has 0 saturated heterocycles. The molecule has 0 aliphatic carbocycles. The molecule has 11 heavy (non-hydrogen) atoms. The van der Waals surface area contributed by atoms with Crippen molar-refractivity contribution in [3.05, 3.63) is 0 Å². The summed E-state index contributed by atoms with van der Waals surface area (Å²) in [6.45, 7) is 9.36. The molecule has 0 spiro atoms. The fourth-order valence-corrected chi connectivity index (χ4v) is 0.518. The Kier molecular flexibility index (Phi) is 20.2. The van der Waals surface area contributed by atoms with Crippen molar-refractivity contribution in [2.45, 2.75) is 33.6 Å². The number of hydrogen-bond donors (Lipinski definition) is 1. The minimum atomic E-state index is 0.868. The van der Waals surface area contributed by atoms with Crippen LogP contribution >= 0.6 is 0 Å². The second-order valence-corrected chi connectivity index (χ2v) is 2.41. The third-order valence-electron chi connectivity index (χ3n) is 0.952. The van der Waals surface area contributed by atoms with Crippen LogP contribution in [-0.4, -0.2) is 26.8 Å². The van der Waals surface area contributed by atoms with Crippen molar-refractivity contribution in [1.29, 1.82) is 0 Å². The second kappa shape index (κ2) is 16.5. The van der Waals surface area contributed by atoms with Crippen LogP contribution in [0.2, 0.25) is 0 Å². The van der Waals surface area contributed by atoms with Gasteiger partial charge < -0.3 is 10.1 Å². The Morgan fingerprint density at radius 2 is 1.73 bits per heavy atom. The van der Waals surface area contributed by atoms with Crippen LogP contribution in [-0.2, 0) is 4.74 Å². The monoisotopic (exact) mass is 161 g/mol. The zero-order valence-corrected chi connectivity index (χ0v) is 8.44. The number of nitrogens with one attached hydrogen (secondary N) is 1. The van der Waals surface area contributed by atoms with Crippen molar-refractivity contribution in [1.82, 2.24) is 5.32 Å². The first-order valence-electron chi connectivity index (χ1n) is 4.53. The summed E-state index contributed by atoms with van der Waals surface area (Å²) in [5.74, 6) is 0. The number of methoxy groups -OCH3 is 1. The summed E-state index contributed by atoms with van der Waals surface area (Å²) < 4.78 is 4.85. The summed E-state index contributed by atoms with van der Waals surface area (Å²) in [4.78, 5) is 0. The maximum absolute atomic E-state index is 4.85. The van der Waals surface area contributed by atoms with Gasteiger partial charge in [-0.15, -0.1) is 0 Å². The van der Waals surface area contributed by atoms with Gasteiger partial charge in [0.2, 0.25) is 0 Å². The summed E-state index contributed by atoms with van der Waals surface area (Å²) >= 11 is 0. The molecule has 1 N–H and O–H groups in total. The zero-order chi connectivity index (χ0) is 8.95. The average molecular weight is 161 g/mol. The molecule has 0 aromatic rings. The Hall–Kier alpha value is -0.0800. The molecule has 0 rings (SSSR count). The molecule has 0 aliphatic heterocycles.